The highest BCUT2D eigenvalue weighted by atomic mass is 35.5. The lowest BCUT2D eigenvalue weighted by molar-refractivity contribution is 0.137. The first-order chi connectivity index (χ1) is 6.77. The average Bonchev–Trinajstić information content (AvgIpc) is 2.19. The Morgan fingerprint density at radius 3 is 2.79 bits per heavy atom. The van der Waals surface area contributed by atoms with Gasteiger partial charge in [0.2, 0.25) is 0 Å². The van der Waals surface area contributed by atoms with Crippen LogP contribution in [0.5, 0.6) is 0 Å². The molecule has 0 radical (unpaired) electrons. The van der Waals surface area contributed by atoms with Crippen LogP contribution in [-0.2, 0) is 4.74 Å². The normalized spacial score (nSPS) is 12.8. The highest BCUT2D eigenvalue weighted by Gasteiger charge is 2.10. The summed E-state index contributed by atoms with van der Waals surface area (Å²) in [6, 6.07) is 7.76. The van der Waals surface area contributed by atoms with E-state index >= 15 is 0 Å². The molecule has 0 N–H and O–H groups in total. The number of alkyl halides is 1. The second-order valence-corrected chi connectivity index (χ2v) is 3.81. The van der Waals surface area contributed by atoms with E-state index in [1.807, 2.05) is 31.2 Å². The van der Waals surface area contributed by atoms with Crippen LogP contribution in [0.2, 0.25) is 5.02 Å². The molecule has 1 unspecified atom stereocenters. The molecule has 0 fully saturated rings. The van der Waals surface area contributed by atoms with E-state index in [-0.39, 0.29) is 5.92 Å². The lowest BCUT2D eigenvalue weighted by Gasteiger charge is -2.14. The van der Waals surface area contributed by atoms with Crippen molar-refractivity contribution in [3.8, 4) is 0 Å². The maximum Gasteiger partial charge on any atom is 0.0546 e. The quantitative estimate of drug-likeness (QED) is 0.704. The van der Waals surface area contributed by atoms with Gasteiger partial charge in [0.25, 0.3) is 0 Å². The first kappa shape index (κ1) is 11.8. The zero-order valence-corrected chi connectivity index (χ0v) is 9.68. The van der Waals surface area contributed by atoms with Gasteiger partial charge >= 0.3 is 0 Å². The summed E-state index contributed by atoms with van der Waals surface area (Å²) in [6.07, 6.45) is 0. The molecule has 0 amide bonds. The van der Waals surface area contributed by atoms with Crippen molar-refractivity contribution in [1.82, 2.24) is 0 Å². The van der Waals surface area contributed by atoms with Gasteiger partial charge in [0.05, 0.1) is 6.61 Å². The summed E-state index contributed by atoms with van der Waals surface area (Å²) in [5, 5.41) is 0.745. The molecule has 3 heteroatoms. The van der Waals surface area contributed by atoms with Gasteiger partial charge in [-0.1, -0.05) is 23.7 Å². The minimum absolute atomic E-state index is 0.232. The Hall–Kier alpha value is -0.240. The van der Waals surface area contributed by atoms with E-state index in [0.29, 0.717) is 19.1 Å². The monoisotopic (exact) mass is 232 g/mol. The van der Waals surface area contributed by atoms with Crippen LogP contribution in [0, 0.1) is 0 Å². The molecular formula is C11H14Cl2O. The number of benzene rings is 1. The summed E-state index contributed by atoms with van der Waals surface area (Å²) < 4.78 is 5.35. The van der Waals surface area contributed by atoms with E-state index in [0.717, 1.165) is 10.6 Å². The number of halogens is 2. The van der Waals surface area contributed by atoms with Gasteiger partial charge < -0.3 is 4.74 Å². The van der Waals surface area contributed by atoms with Gasteiger partial charge in [-0.2, -0.15) is 0 Å². The first-order valence-electron chi connectivity index (χ1n) is 4.67. The molecule has 0 bridgehead atoms. The maximum absolute atomic E-state index is 5.90. The highest BCUT2D eigenvalue weighted by molar-refractivity contribution is 6.30. The Labute approximate surface area is 95.0 Å². The van der Waals surface area contributed by atoms with Crippen molar-refractivity contribution in [2.75, 3.05) is 19.1 Å². The van der Waals surface area contributed by atoms with E-state index < -0.39 is 0 Å². The summed E-state index contributed by atoms with van der Waals surface area (Å²) in [5.74, 6) is 0.788. The zero-order valence-electron chi connectivity index (χ0n) is 8.17. The number of ether oxygens (including phenoxy) is 1. The van der Waals surface area contributed by atoms with Crippen LogP contribution >= 0.6 is 23.2 Å². The van der Waals surface area contributed by atoms with E-state index in [1.165, 1.54) is 0 Å². The zero-order chi connectivity index (χ0) is 10.4. The summed E-state index contributed by atoms with van der Waals surface area (Å²) in [6.45, 7) is 3.34. The second kappa shape index (κ2) is 6.28. The molecular weight excluding hydrogens is 219 g/mol. The van der Waals surface area contributed by atoms with Crippen molar-refractivity contribution in [3.05, 3.63) is 34.9 Å². The predicted molar refractivity (Wildman–Crippen MR) is 61.4 cm³/mol. The molecule has 1 nitrogen and oxygen atoms in total. The number of hydrogen-bond acceptors (Lipinski definition) is 1. The van der Waals surface area contributed by atoms with E-state index in [1.54, 1.807) is 0 Å². The summed E-state index contributed by atoms with van der Waals surface area (Å²) in [4.78, 5) is 0. The molecule has 14 heavy (non-hydrogen) atoms. The molecule has 0 saturated heterocycles. The summed E-state index contributed by atoms with van der Waals surface area (Å²) in [5.41, 5.74) is 1.14. The van der Waals surface area contributed by atoms with Crippen LogP contribution < -0.4 is 0 Å². The Morgan fingerprint density at radius 2 is 2.21 bits per heavy atom. The topological polar surface area (TPSA) is 9.23 Å². The fourth-order valence-corrected chi connectivity index (χ4v) is 1.72. The van der Waals surface area contributed by atoms with Crippen molar-refractivity contribution >= 4 is 23.2 Å². The molecule has 0 saturated carbocycles. The molecule has 1 atom stereocenters. The Balaban J connectivity index is 2.68. The van der Waals surface area contributed by atoms with Crippen LogP contribution in [-0.4, -0.2) is 19.1 Å². The Bertz CT molecular complexity index is 276. The molecule has 0 aliphatic rings. The lowest BCUT2D eigenvalue weighted by atomic mass is 10.0. The Morgan fingerprint density at radius 1 is 1.43 bits per heavy atom. The van der Waals surface area contributed by atoms with Gasteiger partial charge in [-0.05, 0) is 24.6 Å². The Kier molecular flexibility index (Phi) is 5.31. The summed E-state index contributed by atoms with van der Waals surface area (Å²) in [7, 11) is 0. The van der Waals surface area contributed by atoms with Crippen molar-refractivity contribution in [2.24, 2.45) is 0 Å². The van der Waals surface area contributed by atoms with Gasteiger partial charge in [-0.25, -0.2) is 0 Å². The van der Waals surface area contributed by atoms with Gasteiger partial charge in [0.1, 0.15) is 0 Å². The van der Waals surface area contributed by atoms with Crippen LogP contribution in [0.4, 0.5) is 0 Å². The largest absolute Gasteiger partial charge is 0.381 e. The van der Waals surface area contributed by atoms with Gasteiger partial charge in [0, 0.05) is 23.4 Å². The van der Waals surface area contributed by atoms with Crippen molar-refractivity contribution < 1.29 is 4.74 Å². The van der Waals surface area contributed by atoms with Gasteiger partial charge in [-0.15, -0.1) is 11.6 Å². The third-order valence-electron chi connectivity index (χ3n) is 2.03. The standard InChI is InChI=1S/C11H14Cl2O/c1-2-14-8-10(7-12)9-4-3-5-11(13)6-9/h3-6,10H,2,7-8H2,1H3. The number of hydrogen-bond donors (Lipinski definition) is 0. The minimum Gasteiger partial charge on any atom is -0.381 e. The SMILES string of the molecule is CCOCC(CCl)c1cccc(Cl)c1. The van der Waals surface area contributed by atoms with E-state index in [4.69, 9.17) is 27.9 Å². The second-order valence-electron chi connectivity index (χ2n) is 3.07. The minimum atomic E-state index is 0.232. The molecule has 0 aromatic heterocycles. The summed E-state index contributed by atoms with van der Waals surface area (Å²) >= 11 is 11.8. The van der Waals surface area contributed by atoms with Crippen molar-refractivity contribution in [2.45, 2.75) is 12.8 Å². The van der Waals surface area contributed by atoms with Crippen LogP contribution in [0.15, 0.2) is 24.3 Å². The average molecular weight is 233 g/mol. The van der Waals surface area contributed by atoms with Crippen molar-refractivity contribution in [3.63, 3.8) is 0 Å². The van der Waals surface area contributed by atoms with Gasteiger partial charge in [-0.3, -0.25) is 0 Å². The molecule has 0 aliphatic heterocycles. The van der Waals surface area contributed by atoms with Gasteiger partial charge in [0.15, 0.2) is 0 Å². The smallest absolute Gasteiger partial charge is 0.0546 e. The lowest BCUT2D eigenvalue weighted by Crippen LogP contribution is -2.09. The highest BCUT2D eigenvalue weighted by Crippen LogP contribution is 2.21. The fourth-order valence-electron chi connectivity index (χ4n) is 1.25. The van der Waals surface area contributed by atoms with Crippen LogP contribution in [0.25, 0.3) is 0 Å². The fraction of sp³-hybridized carbons (Fsp3) is 0.455. The third kappa shape index (κ3) is 3.49. The molecule has 78 valence electrons. The molecule has 1 rings (SSSR count). The molecule has 0 aliphatic carbocycles. The third-order valence-corrected chi connectivity index (χ3v) is 2.64. The van der Waals surface area contributed by atoms with Crippen LogP contribution in [0.1, 0.15) is 18.4 Å². The van der Waals surface area contributed by atoms with Crippen LogP contribution in [0.3, 0.4) is 0 Å². The first-order valence-corrected chi connectivity index (χ1v) is 5.58. The van der Waals surface area contributed by atoms with Crippen molar-refractivity contribution in [1.29, 1.82) is 0 Å². The maximum atomic E-state index is 5.90. The molecule has 0 spiro atoms. The molecule has 1 aromatic carbocycles. The molecule has 0 heterocycles. The number of rotatable bonds is 5. The van der Waals surface area contributed by atoms with E-state index in [2.05, 4.69) is 0 Å². The van der Waals surface area contributed by atoms with E-state index in [9.17, 15) is 0 Å². The molecule has 1 aromatic rings. The predicted octanol–water partition coefficient (Wildman–Crippen LogP) is 3.70.